The van der Waals surface area contributed by atoms with Gasteiger partial charge in [0.15, 0.2) is 0 Å². The molecular weight excluding hydrogens is 451 g/mol. The summed E-state index contributed by atoms with van der Waals surface area (Å²) in [4.78, 5) is 0. The van der Waals surface area contributed by atoms with E-state index in [1.807, 2.05) is 0 Å². The van der Waals surface area contributed by atoms with Crippen molar-refractivity contribution in [3.8, 4) is 33.4 Å². The zero-order valence-corrected chi connectivity index (χ0v) is 19.3. The van der Waals surface area contributed by atoms with Crippen molar-refractivity contribution >= 4 is 37.2 Å². The van der Waals surface area contributed by atoms with Crippen LogP contribution < -0.4 is 0 Å². The van der Waals surface area contributed by atoms with Crippen LogP contribution in [-0.2, 0) is 6.16 Å². The van der Waals surface area contributed by atoms with Gasteiger partial charge in [-0.3, -0.25) is 0 Å². The number of hydrogen-bond donors (Lipinski definition) is 0. The lowest BCUT2D eigenvalue weighted by atomic mass is 9.88. The van der Waals surface area contributed by atoms with Gasteiger partial charge in [0.2, 0.25) is 0 Å². The SMILES string of the molecule is Br.PCc1oc2ccc(-c3ccccc3)c(-c3ccccc3)c2c1-c1ccccc1. The van der Waals surface area contributed by atoms with Crippen LogP contribution in [0.2, 0.25) is 0 Å². The number of hydrogen-bond acceptors (Lipinski definition) is 1. The van der Waals surface area contributed by atoms with E-state index in [9.17, 15) is 0 Å². The molecule has 0 saturated carbocycles. The molecule has 0 aliphatic heterocycles. The summed E-state index contributed by atoms with van der Waals surface area (Å²) < 4.78 is 6.33. The van der Waals surface area contributed by atoms with Gasteiger partial charge in [0.1, 0.15) is 11.3 Å². The Labute approximate surface area is 189 Å². The second-order valence-corrected chi connectivity index (χ2v) is 7.47. The molecule has 0 aliphatic carbocycles. The molecule has 0 bridgehead atoms. The third kappa shape index (κ3) is 3.62. The van der Waals surface area contributed by atoms with Crippen LogP contribution in [0.1, 0.15) is 5.76 Å². The van der Waals surface area contributed by atoms with Crippen molar-refractivity contribution in [1.82, 2.24) is 0 Å². The summed E-state index contributed by atoms with van der Waals surface area (Å²) in [5.41, 5.74) is 8.16. The first-order valence-electron chi connectivity index (χ1n) is 9.81. The summed E-state index contributed by atoms with van der Waals surface area (Å²) in [5, 5.41) is 1.18. The summed E-state index contributed by atoms with van der Waals surface area (Å²) in [6.45, 7) is 0. The predicted molar refractivity (Wildman–Crippen MR) is 136 cm³/mol. The Hall–Kier alpha value is -2.67. The van der Waals surface area contributed by atoms with Crippen molar-refractivity contribution in [2.45, 2.75) is 6.16 Å². The quantitative estimate of drug-likeness (QED) is 0.239. The second-order valence-electron chi connectivity index (χ2n) is 7.06. The maximum Gasteiger partial charge on any atom is 0.135 e. The Morgan fingerprint density at radius 1 is 0.567 bits per heavy atom. The van der Waals surface area contributed by atoms with E-state index in [1.54, 1.807) is 0 Å². The summed E-state index contributed by atoms with van der Waals surface area (Å²) in [7, 11) is 2.81. The lowest BCUT2D eigenvalue weighted by Crippen LogP contribution is -1.89. The largest absolute Gasteiger partial charge is 0.460 e. The lowest BCUT2D eigenvalue weighted by Gasteiger charge is -2.13. The highest BCUT2D eigenvalue weighted by Gasteiger charge is 2.21. The Bertz CT molecular complexity index is 1260. The fourth-order valence-corrected chi connectivity index (χ4v) is 4.34. The van der Waals surface area contributed by atoms with Crippen LogP contribution in [0.25, 0.3) is 44.3 Å². The van der Waals surface area contributed by atoms with E-state index < -0.39 is 0 Å². The van der Waals surface area contributed by atoms with Gasteiger partial charge in [-0.25, -0.2) is 0 Å². The van der Waals surface area contributed by atoms with E-state index in [4.69, 9.17) is 4.42 Å². The summed E-state index contributed by atoms with van der Waals surface area (Å²) in [5.74, 6) is 0.999. The van der Waals surface area contributed by atoms with Gasteiger partial charge in [-0.15, -0.1) is 26.2 Å². The number of rotatable bonds is 4. The first-order chi connectivity index (χ1) is 14.4. The van der Waals surface area contributed by atoms with E-state index >= 15 is 0 Å². The molecule has 0 saturated heterocycles. The molecule has 1 nitrogen and oxygen atoms in total. The van der Waals surface area contributed by atoms with Crippen LogP contribution in [0.15, 0.2) is 108 Å². The molecule has 0 fully saturated rings. The van der Waals surface area contributed by atoms with Crippen LogP contribution in [0.4, 0.5) is 0 Å². The van der Waals surface area contributed by atoms with E-state index in [0.29, 0.717) is 0 Å². The fraction of sp³-hybridized carbons (Fsp3) is 0.0370. The van der Waals surface area contributed by atoms with Crippen molar-refractivity contribution in [3.63, 3.8) is 0 Å². The molecule has 148 valence electrons. The molecule has 1 aromatic heterocycles. The van der Waals surface area contributed by atoms with Crippen molar-refractivity contribution in [2.75, 3.05) is 0 Å². The maximum absolute atomic E-state index is 6.33. The number of halogens is 1. The molecule has 1 atom stereocenters. The van der Waals surface area contributed by atoms with E-state index in [-0.39, 0.29) is 17.0 Å². The van der Waals surface area contributed by atoms with Gasteiger partial charge < -0.3 is 4.42 Å². The Balaban J connectivity index is 0.00000218. The van der Waals surface area contributed by atoms with Gasteiger partial charge >= 0.3 is 0 Å². The molecule has 1 heterocycles. The number of benzene rings is 4. The molecule has 0 spiro atoms. The van der Waals surface area contributed by atoms with Gasteiger partial charge in [-0.2, -0.15) is 0 Å². The van der Waals surface area contributed by atoms with Gasteiger partial charge in [0.25, 0.3) is 0 Å². The highest BCUT2D eigenvalue weighted by atomic mass is 79.9. The van der Waals surface area contributed by atoms with E-state index in [0.717, 1.165) is 17.5 Å². The molecule has 30 heavy (non-hydrogen) atoms. The fourth-order valence-electron chi connectivity index (χ4n) is 4.06. The number of furan rings is 1. The smallest absolute Gasteiger partial charge is 0.135 e. The summed E-state index contributed by atoms with van der Waals surface area (Å²) in [6, 6.07) is 36.1. The van der Waals surface area contributed by atoms with Crippen molar-refractivity contribution in [1.29, 1.82) is 0 Å². The van der Waals surface area contributed by atoms with Gasteiger partial charge in [0.05, 0.1) is 0 Å². The summed E-state index contributed by atoms with van der Waals surface area (Å²) >= 11 is 0. The molecule has 1 unspecified atom stereocenters. The molecule has 5 aromatic rings. The first-order valence-corrected chi connectivity index (χ1v) is 10.6. The minimum Gasteiger partial charge on any atom is -0.460 e. The monoisotopic (exact) mass is 472 g/mol. The average molecular weight is 473 g/mol. The van der Waals surface area contributed by atoms with Crippen LogP contribution in [0, 0.1) is 0 Å². The molecule has 5 rings (SSSR count). The van der Waals surface area contributed by atoms with E-state index in [2.05, 4.69) is 112 Å². The third-order valence-electron chi connectivity index (χ3n) is 5.32. The zero-order valence-electron chi connectivity index (χ0n) is 16.4. The van der Waals surface area contributed by atoms with Crippen LogP contribution in [-0.4, -0.2) is 0 Å². The standard InChI is InChI=1S/C27H21OP.BrH/c29-18-24-26(21-14-8-3-9-15-21)27-23(28-24)17-16-22(19-10-4-1-5-11-19)25(27)20-12-6-2-7-13-20;/h1-17H,18,29H2;1H. The highest BCUT2D eigenvalue weighted by molar-refractivity contribution is 8.93. The molecular formula is C27H22BrOP. The molecule has 4 aromatic carbocycles. The van der Waals surface area contributed by atoms with Crippen molar-refractivity contribution in [3.05, 3.63) is 109 Å². The normalized spacial score (nSPS) is 10.7. The minimum atomic E-state index is 0. The van der Waals surface area contributed by atoms with Gasteiger partial charge in [0, 0.05) is 22.7 Å². The Morgan fingerprint density at radius 2 is 1.07 bits per heavy atom. The predicted octanol–water partition coefficient (Wildman–Crippen LogP) is 8.39. The van der Waals surface area contributed by atoms with Crippen molar-refractivity contribution < 1.29 is 4.42 Å². The minimum absolute atomic E-state index is 0. The lowest BCUT2D eigenvalue weighted by molar-refractivity contribution is 0.575. The van der Waals surface area contributed by atoms with Gasteiger partial charge in [-0.1, -0.05) is 97.1 Å². The summed E-state index contributed by atoms with van der Waals surface area (Å²) in [6.07, 6.45) is 0.772. The van der Waals surface area contributed by atoms with E-state index in [1.165, 1.54) is 38.8 Å². The van der Waals surface area contributed by atoms with Crippen LogP contribution in [0.5, 0.6) is 0 Å². The van der Waals surface area contributed by atoms with Gasteiger partial charge in [-0.05, 0) is 28.3 Å². The average Bonchev–Trinajstić information content (AvgIpc) is 3.19. The Morgan fingerprint density at radius 3 is 1.60 bits per heavy atom. The van der Waals surface area contributed by atoms with Crippen LogP contribution in [0.3, 0.4) is 0 Å². The van der Waals surface area contributed by atoms with Crippen molar-refractivity contribution in [2.24, 2.45) is 0 Å². The Kier molecular flexibility index (Phi) is 6.18. The first kappa shape index (κ1) is 20.6. The molecule has 0 N–H and O–H groups in total. The topological polar surface area (TPSA) is 13.1 Å². The molecule has 0 aliphatic rings. The molecule has 0 amide bonds. The number of fused-ring (bicyclic) bond motifs is 1. The second kappa shape index (κ2) is 9.00. The van der Waals surface area contributed by atoms with Crippen LogP contribution >= 0.6 is 26.2 Å². The highest BCUT2D eigenvalue weighted by Crippen LogP contribution is 2.45. The third-order valence-corrected chi connectivity index (χ3v) is 5.70. The zero-order chi connectivity index (χ0) is 19.6. The molecule has 3 heteroatoms. The maximum atomic E-state index is 6.33. The molecule has 0 radical (unpaired) electrons.